The molecule has 2 aliphatic rings. The van der Waals surface area contributed by atoms with Crippen LogP contribution in [0.4, 0.5) is 4.79 Å². The fourth-order valence-electron chi connectivity index (χ4n) is 4.45. The SMILES string of the molecule is CC(C)(C)OC(=O)N1CC2(CCS(=O)(=O)CC2)C(O)c2c(OCc3ccccc3)c(=O)ccn21. The highest BCUT2D eigenvalue weighted by atomic mass is 32.2. The van der Waals surface area contributed by atoms with Crippen LogP contribution in [-0.4, -0.2) is 47.9 Å². The number of carbonyl (C=O) groups is 1. The molecule has 1 amide bonds. The lowest BCUT2D eigenvalue weighted by Crippen LogP contribution is -2.58. The fraction of sp³-hybridized carbons (Fsp3) is 0.500. The summed E-state index contributed by atoms with van der Waals surface area (Å²) in [5, 5.41) is 12.8. The van der Waals surface area contributed by atoms with Crippen molar-refractivity contribution >= 4 is 15.9 Å². The van der Waals surface area contributed by atoms with Crippen molar-refractivity contribution in [3.63, 3.8) is 0 Å². The van der Waals surface area contributed by atoms with Crippen molar-refractivity contribution in [1.29, 1.82) is 0 Å². The van der Waals surface area contributed by atoms with Gasteiger partial charge in [0.05, 0.1) is 18.1 Å². The molecule has 1 spiro atoms. The van der Waals surface area contributed by atoms with Gasteiger partial charge in [-0.2, -0.15) is 0 Å². The largest absolute Gasteiger partial charge is 0.483 e. The zero-order valence-electron chi connectivity index (χ0n) is 19.6. The molecule has 184 valence electrons. The number of aromatic nitrogens is 1. The third kappa shape index (κ3) is 4.83. The van der Waals surface area contributed by atoms with Crippen LogP contribution in [0, 0.1) is 5.41 Å². The number of fused-ring (bicyclic) bond motifs is 1. The van der Waals surface area contributed by atoms with E-state index < -0.39 is 38.5 Å². The molecule has 10 heteroatoms. The zero-order chi connectivity index (χ0) is 24.7. The van der Waals surface area contributed by atoms with E-state index in [2.05, 4.69) is 0 Å². The summed E-state index contributed by atoms with van der Waals surface area (Å²) in [7, 11) is -3.24. The number of ether oxygens (including phenoxy) is 2. The number of nitrogens with zero attached hydrogens (tertiary/aromatic N) is 2. The first kappa shape index (κ1) is 24.3. The normalized spacial score (nSPS) is 21.1. The molecule has 0 bridgehead atoms. The summed E-state index contributed by atoms with van der Waals surface area (Å²) in [6.45, 7) is 5.37. The molecular formula is C24H30N2O7S. The van der Waals surface area contributed by atoms with E-state index >= 15 is 0 Å². The lowest BCUT2D eigenvalue weighted by atomic mass is 9.73. The van der Waals surface area contributed by atoms with E-state index in [9.17, 15) is 23.1 Å². The number of hydrogen-bond acceptors (Lipinski definition) is 7. The van der Waals surface area contributed by atoms with Crippen LogP contribution in [0.5, 0.6) is 5.75 Å². The number of sulfone groups is 1. The van der Waals surface area contributed by atoms with E-state index in [1.807, 2.05) is 30.3 Å². The van der Waals surface area contributed by atoms with Crippen LogP contribution in [0.15, 0.2) is 47.4 Å². The molecule has 34 heavy (non-hydrogen) atoms. The molecule has 1 unspecified atom stereocenters. The van der Waals surface area contributed by atoms with E-state index in [1.165, 1.54) is 21.9 Å². The van der Waals surface area contributed by atoms with E-state index in [1.54, 1.807) is 20.8 Å². The molecule has 4 rings (SSSR count). The summed E-state index contributed by atoms with van der Waals surface area (Å²) < 4.78 is 37.2. The van der Waals surface area contributed by atoms with E-state index in [0.29, 0.717) is 0 Å². The standard InChI is InChI=1S/C24H30N2O7S/c1-23(2,3)33-22(29)26-16-24(10-13-34(30,31)14-11-24)21(28)19-20(18(27)9-12-25(19)26)32-15-17-7-5-4-6-8-17/h4-9,12,21,28H,10-11,13-16H2,1-3H3. The lowest BCUT2D eigenvalue weighted by molar-refractivity contribution is -0.0133. The number of benzene rings is 1. The highest BCUT2D eigenvalue weighted by molar-refractivity contribution is 7.91. The molecule has 1 atom stereocenters. The van der Waals surface area contributed by atoms with Gasteiger partial charge in [0, 0.05) is 17.7 Å². The average Bonchev–Trinajstić information content (AvgIpc) is 2.76. The molecule has 0 saturated carbocycles. The molecule has 2 aromatic rings. The van der Waals surface area contributed by atoms with Gasteiger partial charge >= 0.3 is 6.09 Å². The van der Waals surface area contributed by atoms with Gasteiger partial charge in [-0.05, 0) is 39.2 Å². The van der Waals surface area contributed by atoms with Gasteiger partial charge in [-0.25, -0.2) is 18.2 Å². The van der Waals surface area contributed by atoms with Crippen molar-refractivity contribution in [3.05, 3.63) is 64.1 Å². The van der Waals surface area contributed by atoms with Crippen molar-refractivity contribution in [2.24, 2.45) is 5.41 Å². The molecule has 0 radical (unpaired) electrons. The van der Waals surface area contributed by atoms with Crippen LogP contribution in [0.25, 0.3) is 0 Å². The zero-order valence-corrected chi connectivity index (χ0v) is 20.4. The second-order valence-corrected chi connectivity index (χ2v) is 12.3. The van der Waals surface area contributed by atoms with E-state index in [4.69, 9.17) is 9.47 Å². The summed E-state index contributed by atoms with van der Waals surface area (Å²) in [6, 6.07) is 10.5. The molecule has 1 fully saturated rings. The Morgan fingerprint density at radius 2 is 1.79 bits per heavy atom. The summed E-state index contributed by atoms with van der Waals surface area (Å²) in [6.07, 6.45) is -0.159. The van der Waals surface area contributed by atoms with Gasteiger partial charge in [-0.15, -0.1) is 0 Å². The van der Waals surface area contributed by atoms with Crippen LogP contribution < -0.4 is 15.2 Å². The molecule has 2 aliphatic heterocycles. The minimum absolute atomic E-state index is 0.0482. The Morgan fingerprint density at radius 1 is 1.15 bits per heavy atom. The van der Waals surface area contributed by atoms with Crippen LogP contribution in [0.3, 0.4) is 0 Å². The summed E-state index contributed by atoms with van der Waals surface area (Å²) in [5.74, 6) is -0.285. The van der Waals surface area contributed by atoms with Gasteiger partial charge in [-0.3, -0.25) is 9.47 Å². The van der Waals surface area contributed by atoms with Crippen LogP contribution >= 0.6 is 0 Å². The Balaban J connectivity index is 1.79. The van der Waals surface area contributed by atoms with Crippen molar-refractivity contribution in [3.8, 4) is 5.75 Å². The Hall–Kier alpha value is -2.85. The summed E-state index contributed by atoms with van der Waals surface area (Å²) >= 11 is 0. The highest BCUT2D eigenvalue weighted by Gasteiger charge is 2.51. The third-order valence-electron chi connectivity index (χ3n) is 6.29. The average molecular weight is 491 g/mol. The molecule has 1 N–H and O–H groups in total. The number of aliphatic hydroxyl groups excluding tert-OH is 1. The number of pyridine rings is 1. The molecule has 9 nitrogen and oxygen atoms in total. The van der Waals surface area contributed by atoms with Crippen LogP contribution in [0.2, 0.25) is 0 Å². The molecule has 1 saturated heterocycles. The smallest absolute Gasteiger partial charge is 0.429 e. The van der Waals surface area contributed by atoms with Gasteiger partial charge in [0.1, 0.15) is 33.8 Å². The van der Waals surface area contributed by atoms with Crippen molar-refractivity contribution in [2.45, 2.75) is 51.9 Å². The van der Waals surface area contributed by atoms with Gasteiger partial charge < -0.3 is 14.6 Å². The molecule has 0 aliphatic carbocycles. The Bertz CT molecular complexity index is 1220. The number of hydrogen-bond donors (Lipinski definition) is 1. The quantitative estimate of drug-likeness (QED) is 0.703. The number of carbonyl (C=O) groups excluding carboxylic acids is 1. The van der Waals surface area contributed by atoms with E-state index in [-0.39, 0.29) is 48.9 Å². The second kappa shape index (κ2) is 8.74. The number of amides is 1. The van der Waals surface area contributed by atoms with Crippen molar-refractivity contribution in [2.75, 3.05) is 23.1 Å². The summed E-state index contributed by atoms with van der Waals surface area (Å²) in [4.78, 5) is 26.0. The first-order chi connectivity index (χ1) is 15.9. The predicted octanol–water partition coefficient (Wildman–Crippen LogP) is 2.54. The minimum atomic E-state index is -3.24. The first-order valence-corrected chi connectivity index (χ1v) is 13.0. The maximum absolute atomic E-state index is 13.2. The van der Waals surface area contributed by atoms with Gasteiger partial charge in [0.15, 0.2) is 5.75 Å². The Labute approximate surface area is 198 Å². The monoisotopic (exact) mass is 490 g/mol. The van der Waals surface area contributed by atoms with Crippen molar-refractivity contribution < 1.29 is 27.8 Å². The van der Waals surface area contributed by atoms with Crippen molar-refractivity contribution in [1.82, 2.24) is 4.68 Å². The second-order valence-electron chi connectivity index (χ2n) is 9.97. The number of rotatable bonds is 3. The molecular weight excluding hydrogens is 460 g/mol. The van der Waals surface area contributed by atoms with Gasteiger partial charge in [-0.1, -0.05) is 30.3 Å². The third-order valence-corrected chi connectivity index (χ3v) is 7.94. The predicted molar refractivity (Wildman–Crippen MR) is 126 cm³/mol. The fourth-order valence-corrected chi connectivity index (χ4v) is 6.09. The summed E-state index contributed by atoms with van der Waals surface area (Å²) in [5.41, 5.74) is -1.22. The van der Waals surface area contributed by atoms with Crippen LogP contribution in [0.1, 0.15) is 51.0 Å². The maximum Gasteiger partial charge on any atom is 0.429 e. The van der Waals surface area contributed by atoms with E-state index in [0.717, 1.165) is 5.56 Å². The Morgan fingerprint density at radius 3 is 2.41 bits per heavy atom. The first-order valence-electron chi connectivity index (χ1n) is 11.2. The minimum Gasteiger partial charge on any atom is -0.483 e. The lowest BCUT2D eigenvalue weighted by Gasteiger charge is -2.49. The topological polar surface area (TPSA) is 115 Å². The Kier molecular flexibility index (Phi) is 6.24. The molecule has 1 aromatic heterocycles. The maximum atomic E-state index is 13.2. The molecule has 3 heterocycles. The number of aliphatic hydroxyl groups is 1. The molecule has 1 aromatic carbocycles. The van der Waals surface area contributed by atoms with Crippen LogP contribution in [-0.2, 0) is 21.2 Å². The highest BCUT2D eigenvalue weighted by Crippen LogP contribution is 2.48. The van der Waals surface area contributed by atoms with Gasteiger partial charge in [0.2, 0.25) is 5.43 Å². The van der Waals surface area contributed by atoms with Gasteiger partial charge in [0.25, 0.3) is 0 Å².